The summed E-state index contributed by atoms with van der Waals surface area (Å²) in [6, 6.07) is 0. The Morgan fingerprint density at radius 1 is 1.47 bits per heavy atom. The molecule has 2 heterocycles. The van der Waals surface area contributed by atoms with Crippen molar-refractivity contribution in [3.63, 3.8) is 0 Å². The highest BCUT2D eigenvalue weighted by molar-refractivity contribution is 7.07. The zero-order valence-corrected chi connectivity index (χ0v) is 11.4. The normalized spacial score (nSPS) is 20.6. The fourth-order valence-corrected chi connectivity index (χ4v) is 3.11. The van der Waals surface area contributed by atoms with Crippen LogP contribution in [0.1, 0.15) is 32.4 Å². The smallest absolute Gasteiger partial charge is 0.304 e. The number of piperazine rings is 1. The van der Waals surface area contributed by atoms with Crippen molar-refractivity contribution in [2.24, 2.45) is 0 Å². The van der Waals surface area contributed by atoms with Gasteiger partial charge in [0, 0.05) is 42.8 Å². The van der Waals surface area contributed by atoms with E-state index in [-0.39, 0.29) is 10.4 Å². The average Bonchev–Trinajstić information content (AvgIpc) is 2.75. The van der Waals surface area contributed by atoms with E-state index in [1.54, 1.807) is 0 Å². The summed E-state index contributed by atoms with van der Waals surface area (Å²) < 4.78 is 0. The van der Waals surface area contributed by atoms with Crippen LogP contribution in [0.3, 0.4) is 0 Å². The van der Waals surface area contributed by atoms with Crippen LogP contribution in [0.15, 0.2) is 10.2 Å². The minimum absolute atomic E-state index is 0.0485. The van der Waals surface area contributed by atoms with Crippen molar-refractivity contribution < 1.29 is 0 Å². The lowest BCUT2D eigenvalue weighted by Crippen LogP contribution is -2.59. The maximum absolute atomic E-state index is 11.1. The van der Waals surface area contributed by atoms with Crippen molar-refractivity contribution in [2.45, 2.75) is 38.8 Å². The highest BCUT2D eigenvalue weighted by atomic mass is 32.1. The summed E-state index contributed by atoms with van der Waals surface area (Å²) in [7, 11) is 0. The van der Waals surface area contributed by atoms with Gasteiger partial charge in [-0.2, -0.15) is 0 Å². The van der Waals surface area contributed by atoms with Crippen molar-refractivity contribution in [3.05, 3.63) is 20.7 Å². The highest BCUT2D eigenvalue weighted by Gasteiger charge is 2.31. The number of nitrogens with one attached hydrogen (secondary N) is 2. The van der Waals surface area contributed by atoms with Crippen LogP contribution in [0.2, 0.25) is 0 Å². The van der Waals surface area contributed by atoms with E-state index in [4.69, 9.17) is 0 Å². The zero-order chi connectivity index (χ0) is 12.3. The SMILES string of the molecule is CCC1(CC)CN(Cc2csc(=O)[nH]2)CCN1. The van der Waals surface area contributed by atoms with Crippen LogP contribution >= 0.6 is 11.3 Å². The standard InChI is InChI=1S/C12H21N3OS/c1-3-12(4-2)9-15(6-5-13-12)7-10-8-17-11(16)14-10/h8,13H,3-7,9H2,1-2H3,(H,14,16). The molecule has 17 heavy (non-hydrogen) atoms. The minimum Gasteiger partial charge on any atom is -0.315 e. The zero-order valence-electron chi connectivity index (χ0n) is 10.6. The second kappa shape index (κ2) is 5.33. The number of H-pyrrole nitrogens is 1. The van der Waals surface area contributed by atoms with Gasteiger partial charge >= 0.3 is 4.87 Å². The first-order chi connectivity index (χ1) is 8.17. The van der Waals surface area contributed by atoms with Crippen molar-refractivity contribution in [1.82, 2.24) is 15.2 Å². The summed E-state index contributed by atoms with van der Waals surface area (Å²) in [6.45, 7) is 8.51. The topological polar surface area (TPSA) is 48.1 Å². The number of hydrogen-bond donors (Lipinski definition) is 2. The molecule has 0 unspecified atom stereocenters. The van der Waals surface area contributed by atoms with E-state index in [1.807, 2.05) is 5.38 Å². The highest BCUT2D eigenvalue weighted by Crippen LogP contribution is 2.20. The van der Waals surface area contributed by atoms with Gasteiger partial charge in [0.1, 0.15) is 0 Å². The van der Waals surface area contributed by atoms with Gasteiger partial charge in [0.2, 0.25) is 0 Å². The number of rotatable bonds is 4. The fourth-order valence-electron chi connectivity index (χ4n) is 2.53. The van der Waals surface area contributed by atoms with Gasteiger partial charge in [-0.15, -0.1) is 0 Å². The quantitative estimate of drug-likeness (QED) is 0.855. The Morgan fingerprint density at radius 3 is 2.82 bits per heavy atom. The lowest BCUT2D eigenvalue weighted by molar-refractivity contribution is 0.117. The molecular formula is C12H21N3OS. The number of hydrogen-bond acceptors (Lipinski definition) is 4. The molecule has 0 bridgehead atoms. The first-order valence-corrected chi connectivity index (χ1v) is 7.19. The Kier molecular flexibility index (Phi) is 4.01. The first kappa shape index (κ1) is 12.8. The Morgan fingerprint density at radius 2 is 2.24 bits per heavy atom. The largest absolute Gasteiger partial charge is 0.315 e. The molecule has 0 atom stereocenters. The first-order valence-electron chi connectivity index (χ1n) is 6.31. The van der Waals surface area contributed by atoms with Crippen LogP contribution in [0.5, 0.6) is 0 Å². The third-order valence-corrected chi connectivity index (χ3v) is 4.49. The molecule has 0 amide bonds. The summed E-state index contributed by atoms with van der Waals surface area (Å²) in [4.78, 5) is 16.5. The molecule has 1 fully saturated rings. The second-order valence-corrected chi connectivity index (χ2v) is 5.64. The third kappa shape index (κ3) is 2.97. The van der Waals surface area contributed by atoms with Crippen LogP contribution in [-0.2, 0) is 6.54 Å². The van der Waals surface area contributed by atoms with Crippen molar-refractivity contribution in [3.8, 4) is 0 Å². The van der Waals surface area contributed by atoms with Gasteiger partial charge in [-0.1, -0.05) is 25.2 Å². The Hall–Kier alpha value is -0.650. The maximum atomic E-state index is 11.1. The predicted molar refractivity (Wildman–Crippen MR) is 71.5 cm³/mol. The van der Waals surface area contributed by atoms with Gasteiger partial charge in [0.15, 0.2) is 0 Å². The minimum atomic E-state index is 0.0485. The molecule has 1 aliphatic rings. The summed E-state index contributed by atoms with van der Waals surface area (Å²) in [6.07, 6.45) is 2.31. The number of aromatic amines is 1. The van der Waals surface area contributed by atoms with Crippen LogP contribution in [0.25, 0.3) is 0 Å². The predicted octanol–water partition coefficient (Wildman–Crippen LogP) is 1.40. The van der Waals surface area contributed by atoms with Crippen molar-refractivity contribution >= 4 is 11.3 Å². The fraction of sp³-hybridized carbons (Fsp3) is 0.750. The average molecular weight is 255 g/mol. The van der Waals surface area contributed by atoms with Gasteiger partial charge in [0.05, 0.1) is 0 Å². The van der Waals surface area contributed by atoms with E-state index in [0.29, 0.717) is 0 Å². The van der Waals surface area contributed by atoms with Gasteiger partial charge in [-0.3, -0.25) is 9.69 Å². The monoisotopic (exact) mass is 255 g/mol. The molecule has 2 rings (SSSR count). The molecule has 1 aromatic heterocycles. The van der Waals surface area contributed by atoms with E-state index >= 15 is 0 Å². The molecule has 0 radical (unpaired) electrons. The van der Waals surface area contributed by atoms with E-state index in [0.717, 1.165) is 44.7 Å². The molecule has 96 valence electrons. The van der Waals surface area contributed by atoms with Crippen LogP contribution in [-0.4, -0.2) is 35.1 Å². The molecular weight excluding hydrogens is 234 g/mol. The molecule has 5 heteroatoms. The van der Waals surface area contributed by atoms with Crippen molar-refractivity contribution in [1.29, 1.82) is 0 Å². The molecule has 0 aromatic carbocycles. The number of aromatic nitrogens is 1. The molecule has 1 aromatic rings. The molecule has 1 aliphatic heterocycles. The lowest BCUT2D eigenvalue weighted by Gasteiger charge is -2.43. The van der Waals surface area contributed by atoms with Crippen LogP contribution < -0.4 is 10.2 Å². The summed E-state index contributed by atoms with van der Waals surface area (Å²) in [5.74, 6) is 0. The van der Waals surface area contributed by atoms with E-state index < -0.39 is 0 Å². The Bertz CT molecular complexity index is 408. The molecule has 1 saturated heterocycles. The lowest BCUT2D eigenvalue weighted by atomic mass is 9.90. The molecule has 0 saturated carbocycles. The number of nitrogens with zero attached hydrogens (tertiary/aromatic N) is 1. The van der Waals surface area contributed by atoms with Gasteiger partial charge in [-0.05, 0) is 12.8 Å². The Balaban J connectivity index is 2.00. The summed E-state index contributed by atoms with van der Waals surface area (Å²) in [5, 5.41) is 5.58. The maximum Gasteiger partial charge on any atom is 0.304 e. The molecule has 4 nitrogen and oxygen atoms in total. The van der Waals surface area contributed by atoms with Crippen molar-refractivity contribution in [2.75, 3.05) is 19.6 Å². The summed E-state index contributed by atoms with van der Waals surface area (Å²) in [5.41, 5.74) is 1.30. The number of thiazole rings is 1. The molecule has 2 N–H and O–H groups in total. The second-order valence-electron chi connectivity index (χ2n) is 4.80. The van der Waals surface area contributed by atoms with Crippen LogP contribution in [0.4, 0.5) is 0 Å². The summed E-state index contributed by atoms with van der Waals surface area (Å²) >= 11 is 1.25. The molecule has 0 spiro atoms. The third-order valence-electron chi connectivity index (χ3n) is 3.77. The van der Waals surface area contributed by atoms with Gasteiger partial charge in [0.25, 0.3) is 0 Å². The van der Waals surface area contributed by atoms with Crippen LogP contribution in [0, 0.1) is 0 Å². The molecule has 0 aliphatic carbocycles. The van der Waals surface area contributed by atoms with E-state index in [9.17, 15) is 4.79 Å². The van der Waals surface area contributed by atoms with Gasteiger partial charge < -0.3 is 10.3 Å². The van der Waals surface area contributed by atoms with E-state index in [2.05, 4.69) is 29.0 Å². The van der Waals surface area contributed by atoms with Gasteiger partial charge in [-0.25, -0.2) is 0 Å². The van der Waals surface area contributed by atoms with E-state index in [1.165, 1.54) is 11.3 Å². The Labute approximate surface area is 106 Å².